The maximum atomic E-state index is 6.02. The average molecular weight is 412 g/mol. The molecule has 0 unspecified atom stereocenters. The van der Waals surface area contributed by atoms with Crippen LogP contribution in [0, 0.1) is 0 Å². The van der Waals surface area contributed by atoms with Gasteiger partial charge in [0.25, 0.3) is 0 Å². The minimum atomic E-state index is -0.556. The number of hydrogen-bond acceptors (Lipinski definition) is 0. The van der Waals surface area contributed by atoms with Crippen LogP contribution in [0.5, 0.6) is 0 Å². The molecule has 118 valence electrons. The zero-order valence-corrected chi connectivity index (χ0v) is 16.2. The van der Waals surface area contributed by atoms with Gasteiger partial charge in [0.05, 0.1) is 0 Å². The predicted octanol–water partition coefficient (Wildman–Crippen LogP) is 7.47. The molecule has 0 aliphatic carbocycles. The van der Waals surface area contributed by atoms with Crippen molar-refractivity contribution in [2.45, 2.75) is 6.42 Å². The van der Waals surface area contributed by atoms with Crippen molar-refractivity contribution < 1.29 is 17.0 Å². The van der Waals surface area contributed by atoms with Crippen molar-refractivity contribution in [3.05, 3.63) is 69.2 Å². The van der Waals surface area contributed by atoms with Gasteiger partial charge in [0.15, 0.2) is 0 Å². The monoisotopic (exact) mass is 410 g/mol. The topological polar surface area (TPSA) is 28.2 Å². The molecule has 7 heteroatoms. The molecule has 2 aromatic carbocycles. The van der Waals surface area contributed by atoms with E-state index in [1.807, 2.05) is 48.5 Å². The van der Waals surface area contributed by atoms with Crippen molar-refractivity contribution in [1.82, 2.24) is 0 Å². The molecule has 0 fully saturated rings. The second-order valence-electron chi connectivity index (χ2n) is 4.09. The average Bonchev–Trinajstić information content (AvgIpc) is 2.51. The third kappa shape index (κ3) is 7.96. The summed E-state index contributed by atoms with van der Waals surface area (Å²) in [6.45, 7) is 1.41. The van der Waals surface area contributed by atoms with E-state index < -0.39 is 17.0 Å². The molecule has 0 aliphatic heterocycles. The van der Waals surface area contributed by atoms with Crippen molar-refractivity contribution in [3.63, 3.8) is 0 Å². The fourth-order valence-corrected chi connectivity index (χ4v) is 2.02. The van der Waals surface area contributed by atoms with Crippen LogP contribution in [0.15, 0.2) is 48.5 Å². The van der Waals surface area contributed by atoms with Gasteiger partial charge in [-0.3, -0.25) is 0 Å². The van der Waals surface area contributed by atoms with Crippen LogP contribution in [0.1, 0.15) is 6.42 Å². The maximum absolute atomic E-state index is 6.02. The van der Waals surface area contributed by atoms with E-state index in [0.29, 0.717) is 23.1 Å². The molecule has 0 atom stereocenters. The number of para-hydroxylation sites is 2. The summed E-state index contributed by atoms with van der Waals surface area (Å²) in [5, 5.41) is 10.2. The molecule has 0 saturated carbocycles. The van der Waals surface area contributed by atoms with Gasteiger partial charge in [-0.15, -0.1) is 24.5 Å². The zero-order chi connectivity index (χ0) is 16.2. The Hall–Kier alpha value is -0.0857. The van der Waals surface area contributed by atoms with Gasteiger partial charge in [-0.05, 0) is 12.1 Å². The Morgan fingerprint density at radius 2 is 1.09 bits per heavy atom. The second-order valence-corrected chi connectivity index (χ2v) is 7.48. The van der Waals surface area contributed by atoms with Gasteiger partial charge in [-0.2, -0.15) is 0 Å². The van der Waals surface area contributed by atoms with Crippen molar-refractivity contribution in [2.24, 2.45) is 0 Å². The summed E-state index contributed by atoms with van der Waals surface area (Å²) in [5.41, 5.74) is 1.67. The Morgan fingerprint density at radius 1 is 0.727 bits per heavy atom. The standard InChI is InChI=1S/C15H14Cl2N2.2ClH.Ti/c16-12-6-1-3-8-14(12)18-10-5-11-19-15-9-4-2-7-13(15)17;;;/h1-4,6-9H,5,10-11H2;2*1H;/q-2;;;+2/p-2. The Bertz CT molecular complexity index is 507. The van der Waals surface area contributed by atoms with E-state index in [2.05, 4.69) is 10.6 Å². The Kier molecular flexibility index (Phi) is 11.2. The summed E-state index contributed by atoms with van der Waals surface area (Å²) in [6, 6.07) is 15.2. The van der Waals surface area contributed by atoms with Crippen molar-refractivity contribution in [3.8, 4) is 0 Å². The number of benzene rings is 2. The van der Waals surface area contributed by atoms with Crippen molar-refractivity contribution >= 4 is 53.2 Å². The molecule has 0 saturated heterocycles. The van der Waals surface area contributed by atoms with Gasteiger partial charge in [-0.1, -0.05) is 66.0 Å². The van der Waals surface area contributed by atoms with Crippen LogP contribution in [0.4, 0.5) is 11.4 Å². The number of hydrogen-bond donors (Lipinski definition) is 0. The number of halogens is 4. The van der Waals surface area contributed by atoms with Crippen LogP contribution in [0.3, 0.4) is 0 Å². The van der Waals surface area contributed by atoms with Gasteiger partial charge in [0.2, 0.25) is 0 Å². The van der Waals surface area contributed by atoms with E-state index in [-0.39, 0.29) is 0 Å². The fraction of sp³-hybridized carbons (Fsp3) is 0.200. The summed E-state index contributed by atoms with van der Waals surface area (Å²) >= 11 is 11.5. The van der Waals surface area contributed by atoms with E-state index in [0.717, 1.165) is 17.8 Å². The molecule has 22 heavy (non-hydrogen) atoms. The normalized spacial score (nSPS) is 9.45. The van der Waals surface area contributed by atoms with Crippen molar-refractivity contribution in [2.75, 3.05) is 13.1 Å². The predicted molar refractivity (Wildman–Crippen MR) is 95.0 cm³/mol. The molecule has 0 aromatic heterocycles. The van der Waals surface area contributed by atoms with Crippen molar-refractivity contribution in [1.29, 1.82) is 0 Å². The number of nitrogens with zero attached hydrogens (tertiary/aromatic N) is 2. The number of rotatable bonds is 6. The third-order valence-electron chi connectivity index (χ3n) is 2.59. The molecular formula is C15H14Cl4N2Ti-2. The molecule has 0 bridgehead atoms. The summed E-state index contributed by atoms with van der Waals surface area (Å²) in [6.07, 6.45) is 0.871. The van der Waals surface area contributed by atoms with Crippen LogP contribution in [-0.2, 0) is 17.0 Å². The third-order valence-corrected chi connectivity index (χ3v) is 3.22. The first-order valence-electron chi connectivity index (χ1n) is 6.49. The zero-order valence-electron chi connectivity index (χ0n) is 11.6. The van der Waals surface area contributed by atoms with Crippen LogP contribution in [0.2, 0.25) is 10.0 Å². The molecular weight excluding hydrogens is 398 g/mol. The molecule has 2 aromatic rings. The van der Waals surface area contributed by atoms with Gasteiger partial charge < -0.3 is 10.6 Å². The van der Waals surface area contributed by atoms with Crippen LogP contribution in [-0.4, -0.2) is 13.1 Å². The molecule has 0 radical (unpaired) electrons. The molecule has 0 spiro atoms. The SMILES string of the molecule is Clc1ccccc1[N-]CCC[N-]c1ccccc1Cl.[Cl][Ti][Cl]. The van der Waals surface area contributed by atoms with E-state index in [1.54, 1.807) is 0 Å². The van der Waals surface area contributed by atoms with E-state index in [9.17, 15) is 0 Å². The fourth-order valence-electron chi connectivity index (χ4n) is 1.63. The van der Waals surface area contributed by atoms with Gasteiger partial charge >= 0.3 is 35.6 Å². The second kappa shape index (κ2) is 12.4. The first-order chi connectivity index (χ1) is 10.7. The van der Waals surface area contributed by atoms with Gasteiger partial charge in [0.1, 0.15) is 0 Å². The molecule has 2 nitrogen and oxygen atoms in total. The molecule has 0 heterocycles. The summed E-state index contributed by atoms with van der Waals surface area (Å²) in [5.74, 6) is 0. The van der Waals surface area contributed by atoms with E-state index in [4.69, 9.17) is 41.8 Å². The Balaban J connectivity index is 0.000000745. The summed E-state index contributed by atoms with van der Waals surface area (Å²) in [7, 11) is 9.78. The Morgan fingerprint density at radius 3 is 1.45 bits per heavy atom. The molecule has 2 rings (SSSR count). The minimum absolute atomic E-state index is 0.556. The van der Waals surface area contributed by atoms with Gasteiger partial charge in [0, 0.05) is 10.0 Å². The van der Waals surface area contributed by atoms with E-state index >= 15 is 0 Å². The van der Waals surface area contributed by atoms with E-state index in [1.165, 1.54) is 0 Å². The van der Waals surface area contributed by atoms with Crippen LogP contribution in [0.25, 0.3) is 10.6 Å². The van der Waals surface area contributed by atoms with Gasteiger partial charge in [-0.25, -0.2) is 0 Å². The molecule has 0 N–H and O–H groups in total. The first kappa shape index (κ1) is 20.0. The first-order valence-corrected chi connectivity index (χ1v) is 11.5. The summed E-state index contributed by atoms with van der Waals surface area (Å²) in [4.78, 5) is 0. The molecule has 0 amide bonds. The molecule has 0 aliphatic rings. The van der Waals surface area contributed by atoms with Crippen LogP contribution >= 0.6 is 41.8 Å². The summed E-state index contributed by atoms with van der Waals surface area (Å²) < 4.78 is 0. The van der Waals surface area contributed by atoms with Crippen LogP contribution < -0.4 is 0 Å². The quantitative estimate of drug-likeness (QED) is 0.348. The Labute approximate surface area is 158 Å².